The van der Waals surface area contributed by atoms with Gasteiger partial charge in [-0.15, -0.1) is 0 Å². The molecule has 4 nitrogen and oxygen atoms in total. The molecule has 1 heterocycles. The summed E-state index contributed by atoms with van der Waals surface area (Å²) in [5, 5.41) is 0. The number of aromatic nitrogens is 2. The molecular weight excluding hydrogens is 156 g/mol. The molecule has 0 bridgehead atoms. The quantitative estimate of drug-likeness (QED) is 0.608. The van der Waals surface area contributed by atoms with Gasteiger partial charge in [0.25, 0.3) is 0 Å². The molecule has 4 heteroatoms. The Morgan fingerprint density at radius 2 is 2.33 bits per heavy atom. The standard InChI is InChI=1S/C8H10N2O2/c1-6(8(11)12-2)7-5-9-3-4-10-7/h3-6H,1-2H3/t6-/m1/s1. The SMILES string of the molecule is COC(=O)[C@H](C)c1cnccn1. The first-order valence-electron chi connectivity index (χ1n) is 3.59. The number of carbonyl (C=O) groups excluding carboxylic acids is 1. The molecule has 0 saturated heterocycles. The number of rotatable bonds is 2. The minimum Gasteiger partial charge on any atom is -0.469 e. The van der Waals surface area contributed by atoms with Crippen LogP contribution < -0.4 is 0 Å². The summed E-state index contributed by atoms with van der Waals surface area (Å²) in [4.78, 5) is 18.9. The highest BCUT2D eigenvalue weighted by molar-refractivity contribution is 5.76. The lowest BCUT2D eigenvalue weighted by Gasteiger charge is -2.06. The van der Waals surface area contributed by atoms with Gasteiger partial charge in [0.15, 0.2) is 0 Å². The summed E-state index contributed by atoms with van der Waals surface area (Å²) in [6, 6.07) is 0. The molecule has 1 rings (SSSR count). The number of esters is 1. The van der Waals surface area contributed by atoms with E-state index in [1.165, 1.54) is 7.11 Å². The molecule has 0 aromatic carbocycles. The van der Waals surface area contributed by atoms with E-state index in [2.05, 4.69) is 14.7 Å². The lowest BCUT2D eigenvalue weighted by atomic mass is 10.1. The molecule has 0 amide bonds. The molecular formula is C8H10N2O2. The average molecular weight is 166 g/mol. The predicted molar refractivity (Wildman–Crippen MR) is 42.5 cm³/mol. The largest absolute Gasteiger partial charge is 0.469 e. The summed E-state index contributed by atoms with van der Waals surface area (Å²) in [6.45, 7) is 1.73. The number of hydrogen-bond donors (Lipinski definition) is 0. The Bertz CT molecular complexity index is 261. The molecule has 0 saturated carbocycles. The van der Waals surface area contributed by atoms with Gasteiger partial charge in [0.05, 0.1) is 18.7 Å². The maximum Gasteiger partial charge on any atom is 0.314 e. The maximum absolute atomic E-state index is 11.0. The van der Waals surface area contributed by atoms with Crippen molar-refractivity contribution in [2.75, 3.05) is 7.11 Å². The number of nitrogens with zero attached hydrogens (tertiary/aromatic N) is 2. The van der Waals surface area contributed by atoms with Gasteiger partial charge in [-0.1, -0.05) is 0 Å². The molecule has 0 fully saturated rings. The van der Waals surface area contributed by atoms with E-state index in [9.17, 15) is 4.79 Å². The molecule has 0 aliphatic carbocycles. The van der Waals surface area contributed by atoms with Crippen molar-refractivity contribution in [1.82, 2.24) is 9.97 Å². The molecule has 12 heavy (non-hydrogen) atoms. The van der Waals surface area contributed by atoms with E-state index in [-0.39, 0.29) is 11.9 Å². The zero-order valence-electron chi connectivity index (χ0n) is 7.02. The summed E-state index contributed by atoms with van der Waals surface area (Å²) < 4.78 is 4.56. The molecule has 0 radical (unpaired) electrons. The van der Waals surface area contributed by atoms with Crippen LogP contribution in [0.25, 0.3) is 0 Å². The van der Waals surface area contributed by atoms with E-state index in [0.717, 1.165) is 0 Å². The van der Waals surface area contributed by atoms with Crippen molar-refractivity contribution in [3.8, 4) is 0 Å². The average Bonchev–Trinajstić information content (AvgIpc) is 2.17. The zero-order valence-corrected chi connectivity index (χ0v) is 7.02. The molecule has 1 atom stereocenters. The van der Waals surface area contributed by atoms with Gasteiger partial charge in [-0.05, 0) is 6.92 Å². The summed E-state index contributed by atoms with van der Waals surface area (Å²) in [6.07, 6.45) is 4.67. The molecule has 0 aliphatic rings. The normalized spacial score (nSPS) is 12.2. The Kier molecular flexibility index (Phi) is 2.74. The Labute approximate surface area is 70.6 Å². The fourth-order valence-electron chi connectivity index (χ4n) is 0.832. The molecule has 1 aromatic rings. The van der Waals surface area contributed by atoms with Gasteiger partial charge in [0.1, 0.15) is 0 Å². The fraction of sp³-hybridized carbons (Fsp3) is 0.375. The highest BCUT2D eigenvalue weighted by atomic mass is 16.5. The van der Waals surface area contributed by atoms with Crippen molar-refractivity contribution in [1.29, 1.82) is 0 Å². The summed E-state index contributed by atoms with van der Waals surface area (Å²) in [7, 11) is 1.36. The van der Waals surface area contributed by atoms with Crippen LogP contribution in [0.5, 0.6) is 0 Å². The van der Waals surface area contributed by atoms with Crippen LogP contribution in [0.15, 0.2) is 18.6 Å². The van der Waals surface area contributed by atoms with Crippen molar-refractivity contribution < 1.29 is 9.53 Å². The van der Waals surface area contributed by atoms with Crippen LogP contribution in [-0.4, -0.2) is 23.0 Å². The van der Waals surface area contributed by atoms with E-state index in [1.807, 2.05) is 0 Å². The van der Waals surface area contributed by atoms with Crippen LogP contribution in [0.1, 0.15) is 18.5 Å². The monoisotopic (exact) mass is 166 g/mol. The van der Waals surface area contributed by atoms with Crippen molar-refractivity contribution in [3.63, 3.8) is 0 Å². The molecule has 1 aromatic heterocycles. The van der Waals surface area contributed by atoms with Crippen LogP contribution in [0.2, 0.25) is 0 Å². The van der Waals surface area contributed by atoms with E-state index >= 15 is 0 Å². The van der Waals surface area contributed by atoms with E-state index < -0.39 is 0 Å². The van der Waals surface area contributed by atoms with E-state index in [1.54, 1.807) is 25.5 Å². The minimum atomic E-state index is -0.344. The van der Waals surface area contributed by atoms with Crippen LogP contribution in [0, 0.1) is 0 Å². The van der Waals surface area contributed by atoms with Gasteiger partial charge >= 0.3 is 5.97 Å². The molecule has 0 N–H and O–H groups in total. The van der Waals surface area contributed by atoms with Gasteiger partial charge in [0.2, 0.25) is 0 Å². The molecule has 0 aliphatic heterocycles. The van der Waals surface area contributed by atoms with Crippen LogP contribution in [0.3, 0.4) is 0 Å². The zero-order chi connectivity index (χ0) is 8.97. The summed E-state index contributed by atoms with van der Waals surface area (Å²) in [5.41, 5.74) is 0.629. The highest BCUT2D eigenvalue weighted by Crippen LogP contribution is 2.11. The van der Waals surface area contributed by atoms with Gasteiger partial charge in [-0.3, -0.25) is 14.8 Å². The third kappa shape index (κ3) is 1.78. The summed E-state index contributed by atoms with van der Waals surface area (Å²) >= 11 is 0. The third-order valence-electron chi connectivity index (χ3n) is 1.58. The molecule has 0 unspecified atom stereocenters. The third-order valence-corrected chi connectivity index (χ3v) is 1.58. The van der Waals surface area contributed by atoms with Crippen molar-refractivity contribution in [3.05, 3.63) is 24.3 Å². The van der Waals surface area contributed by atoms with Crippen molar-refractivity contribution in [2.24, 2.45) is 0 Å². The van der Waals surface area contributed by atoms with E-state index in [4.69, 9.17) is 0 Å². The number of methoxy groups -OCH3 is 1. The van der Waals surface area contributed by atoms with Gasteiger partial charge < -0.3 is 4.74 Å². The fourth-order valence-corrected chi connectivity index (χ4v) is 0.832. The van der Waals surface area contributed by atoms with Crippen LogP contribution >= 0.6 is 0 Å². The smallest absolute Gasteiger partial charge is 0.314 e. The maximum atomic E-state index is 11.0. The number of hydrogen-bond acceptors (Lipinski definition) is 4. The second-order valence-electron chi connectivity index (χ2n) is 2.38. The Balaban J connectivity index is 2.78. The first kappa shape index (κ1) is 8.64. The Hall–Kier alpha value is -1.45. The molecule has 64 valence electrons. The second-order valence-corrected chi connectivity index (χ2v) is 2.38. The first-order chi connectivity index (χ1) is 5.75. The van der Waals surface area contributed by atoms with Crippen molar-refractivity contribution in [2.45, 2.75) is 12.8 Å². The molecule has 0 spiro atoms. The predicted octanol–water partition coefficient (Wildman–Crippen LogP) is 0.753. The lowest BCUT2D eigenvalue weighted by Crippen LogP contribution is -2.12. The van der Waals surface area contributed by atoms with E-state index in [0.29, 0.717) is 5.69 Å². The first-order valence-corrected chi connectivity index (χ1v) is 3.59. The van der Waals surface area contributed by atoms with Crippen molar-refractivity contribution >= 4 is 5.97 Å². The van der Waals surface area contributed by atoms with Gasteiger partial charge in [-0.25, -0.2) is 0 Å². The number of carbonyl (C=O) groups is 1. The topological polar surface area (TPSA) is 52.1 Å². The van der Waals surface area contributed by atoms with Gasteiger partial charge in [0, 0.05) is 18.6 Å². The Morgan fingerprint density at radius 1 is 1.58 bits per heavy atom. The number of ether oxygens (including phenoxy) is 1. The highest BCUT2D eigenvalue weighted by Gasteiger charge is 2.16. The minimum absolute atomic E-state index is 0.296. The van der Waals surface area contributed by atoms with Crippen LogP contribution in [0.4, 0.5) is 0 Å². The van der Waals surface area contributed by atoms with Crippen LogP contribution in [-0.2, 0) is 9.53 Å². The summed E-state index contributed by atoms with van der Waals surface area (Å²) in [5.74, 6) is -0.640. The Morgan fingerprint density at radius 3 is 2.83 bits per heavy atom. The van der Waals surface area contributed by atoms with Gasteiger partial charge in [-0.2, -0.15) is 0 Å². The lowest BCUT2D eigenvalue weighted by molar-refractivity contribution is -0.142. The second kappa shape index (κ2) is 3.80.